The Hall–Kier alpha value is -1.04. The summed E-state index contributed by atoms with van der Waals surface area (Å²) in [7, 11) is 0. The minimum atomic E-state index is -0.317. The first-order valence-electron chi connectivity index (χ1n) is 4.97. The van der Waals surface area contributed by atoms with Gasteiger partial charge >= 0.3 is 0 Å². The zero-order valence-corrected chi connectivity index (χ0v) is 9.62. The van der Waals surface area contributed by atoms with Crippen molar-refractivity contribution in [2.75, 3.05) is 0 Å². The molecule has 1 saturated carbocycles. The quantitative estimate of drug-likeness (QED) is 0.774. The summed E-state index contributed by atoms with van der Waals surface area (Å²) in [6, 6.07) is 0.530. The van der Waals surface area contributed by atoms with Crippen LogP contribution in [0.15, 0.2) is 5.16 Å². The molecule has 0 aromatic carbocycles. The number of hydrogen-bond acceptors (Lipinski definition) is 4. The molecule has 0 spiro atoms. The van der Waals surface area contributed by atoms with Crippen molar-refractivity contribution < 1.29 is 4.79 Å². The van der Waals surface area contributed by atoms with Gasteiger partial charge in [-0.05, 0) is 26.7 Å². The van der Waals surface area contributed by atoms with Crippen LogP contribution < -0.4 is 5.73 Å². The minimum absolute atomic E-state index is 0.258. The number of hydrogen-bond donors (Lipinski definition) is 1. The van der Waals surface area contributed by atoms with E-state index in [-0.39, 0.29) is 11.2 Å². The minimum Gasteiger partial charge on any atom is -0.369 e. The zero-order chi connectivity index (χ0) is 11.0. The molecule has 82 valence electrons. The van der Waals surface area contributed by atoms with Gasteiger partial charge in [-0.1, -0.05) is 11.8 Å². The first kappa shape index (κ1) is 10.5. The summed E-state index contributed by atoms with van der Waals surface area (Å²) in [5, 5.41) is 8.65. The molecule has 2 N–H and O–H groups in total. The Morgan fingerprint density at radius 2 is 2.27 bits per heavy atom. The van der Waals surface area contributed by atoms with Crippen molar-refractivity contribution >= 4 is 17.7 Å². The molecular weight excluding hydrogens is 212 g/mol. The van der Waals surface area contributed by atoms with Crippen LogP contribution in [0.2, 0.25) is 0 Å². The second-order valence-electron chi connectivity index (χ2n) is 3.79. The number of nitrogens with two attached hydrogens (primary N) is 1. The summed E-state index contributed by atoms with van der Waals surface area (Å²) in [5.41, 5.74) is 5.22. The standard InChI is InChI=1S/C9H14N4OS/c1-5(8(10)14)15-9-12-11-6(2)13(9)7-3-4-7/h5,7H,3-4H2,1-2H3,(H2,10,14)/t5-/m0/s1. The van der Waals surface area contributed by atoms with Gasteiger partial charge < -0.3 is 10.3 Å². The highest BCUT2D eigenvalue weighted by molar-refractivity contribution is 8.00. The topological polar surface area (TPSA) is 73.8 Å². The molecule has 1 aromatic heterocycles. The number of carbonyl (C=O) groups is 1. The Morgan fingerprint density at radius 1 is 1.60 bits per heavy atom. The van der Waals surface area contributed by atoms with Crippen LogP contribution in [-0.2, 0) is 4.79 Å². The van der Waals surface area contributed by atoms with E-state index in [2.05, 4.69) is 14.8 Å². The summed E-state index contributed by atoms with van der Waals surface area (Å²) < 4.78 is 2.10. The number of thioether (sulfide) groups is 1. The van der Waals surface area contributed by atoms with Crippen molar-refractivity contribution in [1.29, 1.82) is 0 Å². The predicted octanol–water partition coefficient (Wildman–Crippen LogP) is 0.887. The van der Waals surface area contributed by atoms with Crippen LogP contribution in [0.4, 0.5) is 0 Å². The lowest BCUT2D eigenvalue weighted by atomic mass is 10.5. The van der Waals surface area contributed by atoms with E-state index in [1.807, 2.05) is 6.92 Å². The van der Waals surface area contributed by atoms with Gasteiger partial charge in [-0.25, -0.2) is 0 Å². The average Bonchev–Trinajstić information content (AvgIpc) is 2.93. The molecule has 1 heterocycles. The third-order valence-corrected chi connectivity index (χ3v) is 3.50. The van der Waals surface area contributed by atoms with Crippen molar-refractivity contribution in [2.45, 2.75) is 43.1 Å². The highest BCUT2D eigenvalue weighted by atomic mass is 32.2. The number of carbonyl (C=O) groups excluding carboxylic acids is 1. The van der Waals surface area contributed by atoms with Crippen LogP contribution in [0.5, 0.6) is 0 Å². The van der Waals surface area contributed by atoms with Gasteiger partial charge in [-0.2, -0.15) is 0 Å². The summed E-state index contributed by atoms with van der Waals surface area (Å²) in [5.74, 6) is 0.597. The fourth-order valence-corrected chi connectivity index (χ4v) is 2.31. The molecular formula is C9H14N4OS. The summed E-state index contributed by atoms with van der Waals surface area (Å²) in [6.45, 7) is 3.72. The van der Waals surface area contributed by atoms with E-state index in [1.165, 1.54) is 24.6 Å². The van der Waals surface area contributed by atoms with E-state index in [4.69, 9.17) is 5.73 Å². The van der Waals surface area contributed by atoms with Gasteiger partial charge in [0, 0.05) is 6.04 Å². The van der Waals surface area contributed by atoms with Gasteiger partial charge in [0.25, 0.3) is 0 Å². The molecule has 1 aliphatic rings. The Balaban J connectivity index is 2.17. The zero-order valence-electron chi connectivity index (χ0n) is 8.80. The Labute approximate surface area is 92.4 Å². The van der Waals surface area contributed by atoms with E-state index in [0.717, 1.165) is 11.0 Å². The molecule has 0 aliphatic heterocycles. The molecule has 1 aliphatic carbocycles. The van der Waals surface area contributed by atoms with Crippen LogP contribution in [0, 0.1) is 6.92 Å². The Morgan fingerprint density at radius 3 is 2.80 bits per heavy atom. The molecule has 0 saturated heterocycles. The number of aryl methyl sites for hydroxylation is 1. The molecule has 0 bridgehead atoms. The number of aromatic nitrogens is 3. The molecule has 0 unspecified atom stereocenters. The molecule has 6 heteroatoms. The van der Waals surface area contributed by atoms with Crippen LogP contribution in [0.3, 0.4) is 0 Å². The largest absolute Gasteiger partial charge is 0.369 e. The van der Waals surface area contributed by atoms with Gasteiger partial charge in [0.15, 0.2) is 5.16 Å². The van der Waals surface area contributed by atoms with Gasteiger partial charge in [0.2, 0.25) is 5.91 Å². The maximum absolute atomic E-state index is 11.0. The van der Waals surface area contributed by atoms with E-state index < -0.39 is 0 Å². The second kappa shape index (κ2) is 3.84. The van der Waals surface area contributed by atoms with Crippen LogP contribution in [0.25, 0.3) is 0 Å². The lowest BCUT2D eigenvalue weighted by Crippen LogP contribution is -2.23. The highest BCUT2D eigenvalue weighted by Crippen LogP contribution is 2.39. The van der Waals surface area contributed by atoms with Crippen LogP contribution in [0.1, 0.15) is 31.6 Å². The van der Waals surface area contributed by atoms with Gasteiger partial charge in [-0.3, -0.25) is 4.79 Å². The maximum Gasteiger partial charge on any atom is 0.230 e. The highest BCUT2D eigenvalue weighted by Gasteiger charge is 2.29. The van der Waals surface area contributed by atoms with Gasteiger partial charge in [-0.15, -0.1) is 10.2 Å². The lowest BCUT2D eigenvalue weighted by molar-refractivity contribution is -0.117. The molecule has 1 aromatic rings. The molecule has 2 rings (SSSR count). The number of primary amides is 1. The van der Waals surface area contributed by atoms with Crippen molar-refractivity contribution in [3.63, 3.8) is 0 Å². The number of amides is 1. The Kier molecular flexibility index (Phi) is 2.68. The summed E-state index contributed by atoms with van der Waals surface area (Å²) in [6.07, 6.45) is 2.36. The SMILES string of the molecule is Cc1nnc(S[C@@H](C)C(N)=O)n1C1CC1. The normalized spacial score (nSPS) is 17.7. The number of nitrogens with zero attached hydrogens (tertiary/aromatic N) is 3. The summed E-state index contributed by atoms with van der Waals surface area (Å²) in [4.78, 5) is 11.0. The van der Waals surface area contributed by atoms with Gasteiger partial charge in [0.05, 0.1) is 5.25 Å². The van der Waals surface area contributed by atoms with Crippen molar-refractivity contribution in [3.8, 4) is 0 Å². The summed E-state index contributed by atoms with van der Waals surface area (Å²) >= 11 is 1.38. The molecule has 1 atom stereocenters. The molecule has 0 radical (unpaired) electrons. The predicted molar refractivity (Wildman–Crippen MR) is 57.5 cm³/mol. The van der Waals surface area contributed by atoms with Crippen molar-refractivity contribution in [3.05, 3.63) is 5.82 Å². The van der Waals surface area contributed by atoms with E-state index in [0.29, 0.717) is 6.04 Å². The molecule has 1 amide bonds. The lowest BCUT2D eigenvalue weighted by Gasteiger charge is -2.08. The fraction of sp³-hybridized carbons (Fsp3) is 0.667. The first-order valence-corrected chi connectivity index (χ1v) is 5.85. The second-order valence-corrected chi connectivity index (χ2v) is 5.10. The van der Waals surface area contributed by atoms with E-state index in [9.17, 15) is 4.79 Å². The molecule has 5 nitrogen and oxygen atoms in total. The monoisotopic (exact) mass is 226 g/mol. The van der Waals surface area contributed by atoms with E-state index in [1.54, 1.807) is 6.92 Å². The van der Waals surface area contributed by atoms with Crippen LogP contribution in [-0.4, -0.2) is 25.9 Å². The van der Waals surface area contributed by atoms with Crippen molar-refractivity contribution in [1.82, 2.24) is 14.8 Å². The fourth-order valence-electron chi connectivity index (χ4n) is 1.40. The van der Waals surface area contributed by atoms with Gasteiger partial charge in [0.1, 0.15) is 5.82 Å². The number of rotatable bonds is 4. The first-order chi connectivity index (χ1) is 7.09. The molecule has 15 heavy (non-hydrogen) atoms. The van der Waals surface area contributed by atoms with E-state index >= 15 is 0 Å². The third kappa shape index (κ3) is 2.14. The Bertz CT molecular complexity index is 385. The maximum atomic E-state index is 11.0. The third-order valence-electron chi connectivity index (χ3n) is 2.43. The van der Waals surface area contributed by atoms with Crippen molar-refractivity contribution in [2.24, 2.45) is 5.73 Å². The average molecular weight is 226 g/mol. The van der Waals surface area contributed by atoms with Crippen LogP contribution >= 0.6 is 11.8 Å². The molecule has 1 fully saturated rings. The smallest absolute Gasteiger partial charge is 0.230 e.